The summed E-state index contributed by atoms with van der Waals surface area (Å²) in [6.45, 7) is 5.54. The molecule has 6 nitrogen and oxygen atoms in total. The van der Waals surface area contributed by atoms with E-state index in [4.69, 9.17) is 0 Å². The average molecular weight is 275 g/mol. The number of nitro groups is 1. The van der Waals surface area contributed by atoms with Crippen LogP contribution in [-0.2, 0) is 6.54 Å². The molecule has 0 aromatic carbocycles. The number of pyridine rings is 1. The summed E-state index contributed by atoms with van der Waals surface area (Å²) in [4.78, 5) is 15.0. The molecule has 1 N–H and O–H groups in total. The summed E-state index contributed by atoms with van der Waals surface area (Å²) in [6, 6.07) is 1.82. The fourth-order valence-electron chi connectivity index (χ4n) is 2.18. The normalized spacial score (nSPS) is 12.4. The highest BCUT2D eigenvalue weighted by Crippen LogP contribution is 2.24. The zero-order valence-electron chi connectivity index (χ0n) is 11.7. The monoisotopic (exact) mass is 275 g/mol. The fraction of sp³-hybridized carbons (Fsp3) is 0.357. The van der Waals surface area contributed by atoms with Crippen LogP contribution in [0.25, 0.3) is 0 Å². The second kappa shape index (κ2) is 5.42. The van der Waals surface area contributed by atoms with Gasteiger partial charge >= 0.3 is 0 Å². The van der Waals surface area contributed by atoms with Crippen molar-refractivity contribution in [1.29, 1.82) is 0 Å². The van der Waals surface area contributed by atoms with Crippen molar-refractivity contribution in [1.82, 2.24) is 9.55 Å². The van der Waals surface area contributed by atoms with Gasteiger partial charge < -0.3 is 9.67 Å². The van der Waals surface area contributed by atoms with E-state index in [1.165, 1.54) is 6.20 Å². The lowest BCUT2D eigenvalue weighted by atomic mass is 10.1. The minimum atomic E-state index is -0.530. The minimum absolute atomic E-state index is 0.123. The molecule has 20 heavy (non-hydrogen) atoms. The Morgan fingerprint density at radius 1 is 1.50 bits per heavy atom. The van der Waals surface area contributed by atoms with E-state index in [1.54, 1.807) is 20.8 Å². The van der Waals surface area contributed by atoms with Gasteiger partial charge in [-0.3, -0.25) is 15.1 Å². The van der Waals surface area contributed by atoms with Crippen molar-refractivity contribution in [3.8, 4) is 0 Å². The number of aromatic nitrogens is 2. The standard InChI is InChI=1S/C14H17N3O3/c1-9-6-15-13(10(2)14(9)17(19)20)8-16-5-4-12(7-16)11(3)18/h4-7,11,18H,8H2,1-3H3. The average Bonchev–Trinajstić information content (AvgIpc) is 2.81. The van der Waals surface area contributed by atoms with Gasteiger partial charge in [0.15, 0.2) is 0 Å². The van der Waals surface area contributed by atoms with E-state index in [0.717, 1.165) is 5.56 Å². The van der Waals surface area contributed by atoms with Gasteiger partial charge in [0, 0.05) is 24.2 Å². The molecule has 0 bridgehead atoms. The van der Waals surface area contributed by atoms with Gasteiger partial charge in [-0.25, -0.2) is 0 Å². The molecular weight excluding hydrogens is 258 g/mol. The van der Waals surface area contributed by atoms with Crippen LogP contribution in [-0.4, -0.2) is 19.6 Å². The first-order valence-corrected chi connectivity index (χ1v) is 6.33. The Balaban J connectivity index is 2.34. The maximum Gasteiger partial charge on any atom is 0.278 e. The van der Waals surface area contributed by atoms with Gasteiger partial charge in [-0.1, -0.05) is 0 Å². The molecule has 0 amide bonds. The van der Waals surface area contributed by atoms with Gasteiger partial charge in [0.2, 0.25) is 0 Å². The molecule has 1 unspecified atom stereocenters. The quantitative estimate of drug-likeness (QED) is 0.686. The van der Waals surface area contributed by atoms with Crippen molar-refractivity contribution in [3.05, 3.63) is 57.2 Å². The topological polar surface area (TPSA) is 81.2 Å². The van der Waals surface area contributed by atoms with Crippen LogP contribution in [0.4, 0.5) is 5.69 Å². The van der Waals surface area contributed by atoms with Gasteiger partial charge in [-0.2, -0.15) is 0 Å². The summed E-state index contributed by atoms with van der Waals surface area (Å²) in [5, 5.41) is 20.6. The molecule has 106 valence electrons. The molecule has 2 aromatic heterocycles. The number of rotatable bonds is 4. The molecule has 0 aliphatic heterocycles. The van der Waals surface area contributed by atoms with Crippen molar-refractivity contribution in [2.45, 2.75) is 33.4 Å². The van der Waals surface area contributed by atoms with Crippen molar-refractivity contribution in [3.63, 3.8) is 0 Å². The van der Waals surface area contributed by atoms with Gasteiger partial charge in [0.05, 0.1) is 28.8 Å². The molecule has 2 heterocycles. The Morgan fingerprint density at radius 3 is 2.75 bits per heavy atom. The Morgan fingerprint density at radius 2 is 2.20 bits per heavy atom. The summed E-state index contributed by atoms with van der Waals surface area (Å²) in [5.74, 6) is 0. The molecule has 1 atom stereocenters. The highest BCUT2D eigenvalue weighted by atomic mass is 16.6. The van der Waals surface area contributed by atoms with E-state index < -0.39 is 6.10 Å². The van der Waals surface area contributed by atoms with Gasteiger partial charge in [0.1, 0.15) is 0 Å². The summed E-state index contributed by atoms with van der Waals surface area (Å²) < 4.78 is 1.86. The first-order valence-electron chi connectivity index (χ1n) is 6.33. The first-order chi connectivity index (χ1) is 9.40. The molecule has 0 spiro atoms. The molecule has 0 fully saturated rings. The SMILES string of the molecule is Cc1cnc(Cn2ccc(C(C)O)c2)c(C)c1[N+](=O)[O-]. The predicted octanol–water partition coefficient (Wildman–Crippen LogP) is 2.51. The Kier molecular flexibility index (Phi) is 3.85. The number of nitrogens with zero attached hydrogens (tertiary/aromatic N) is 3. The zero-order chi connectivity index (χ0) is 14.9. The predicted molar refractivity (Wildman–Crippen MR) is 74.5 cm³/mol. The van der Waals surface area contributed by atoms with Gasteiger partial charge in [-0.15, -0.1) is 0 Å². The Hall–Kier alpha value is -2.21. The molecule has 6 heteroatoms. The van der Waals surface area contributed by atoms with Crippen molar-refractivity contribution < 1.29 is 10.0 Å². The number of hydrogen-bond donors (Lipinski definition) is 1. The van der Waals surface area contributed by atoms with E-state index in [9.17, 15) is 15.2 Å². The fourth-order valence-corrected chi connectivity index (χ4v) is 2.18. The Labute approximate surface area is 116 Å². The summed E-state index contributed by atoms with van der Waals surface area (Å²) in [7, 11) is 0. The Bertz CT molecular complexity index is 647. The summed E-state index contributed by atoms with van der Waals surface area (Å²) in [6.07, 6.45) is 4.64. The molecular formula is C14H17N3O3. The third-order valence-electron chi connectivity index (χ3n) is 3.35. The van der Waals surface area contributed by atoms with Crippen LogP contribution in [0, 0.1) is 24.0 Å². The van der Waals surface area contributed by atoms with Crippen molar-refractivity contribution >= 4 is 5.69 Å². The molecule has 0 radical (unpaired) electrons. The van der Waals surface area contributed by atoms with Crippen molar-refractivity contribution in [2.24, 2.45) is 0 Å². The van der Waals surface area contributed by atoms with Crippen LogP contribution in [0.2, 0.25) is 0 Å². The highest BCUT2D eigenvalue weighted by Gasteiger charge is 2.18. The second-order valence-corrected chi connectivity index (χ2v) is 4.91. The van der Waals surface area contributed by atoms with Crippen LogP contribution in [0.5, 0.6) is 0 Å². The van der Waals surface area contributed by atoms with Crippen molar-refractivity contribution in [2.75, 3.05) is 0 Å². The maximum absolute atomic E-state index is 11.1. The molecule has 0 saturated carbocycles. The van der Waals surface area contributed by atoms with Crippen LogP contribution < -0.4 is 0 Å². The van der Waals surface area contributed by atoms with Crippen LogP contribution >= 0.6 is 0 Å². The maximum atomic E-state index is 11.1. The smallest absolute Gasteiger partial charge is 0.278 e. The lowest BCUT2D eigenvalue weighted by Gasteiger charge is -2.08. The highest BCUT2D eigenvalue weighted by molar-refractivity contribution is 5.47. The molecule has 2 rings (SSSR count). The molecule has 0 saturated heterocycles. The van der Waals surface area contributed by atoms with Crippen LogP contribution in [0.15, 0.2) is 24.7 Å². The third-order valence-corrected chi connectivity index (χ3v) is 3.35. The van der Waals surface area contributed by atoms with E-state index in [0.29, 0.717) is 23.4 Å². The van der Waals surface area contributed by atoms with Crippen LogP contribution in [0.1, 0.15) is 35.4 Å². The van der Waals surface area contributed by atoms with Gasteiger partial charge in [0.25, 0.3) is 5.69 Å². The number of hydrogen-bond acceptors (Lipinski definition) is 4. The minimum Gasteiger partial charge on any atom is -0.389 e. The number of aliphatic hydroxyl groups excluding tert-OH is 1. The summed E-state index contributed by atoms with van der Waals surface area (Å²) in [5.41, 5.74) is 2.74. The van der Waals surface area contributed by atoms with Crippen LogP contribution in [0.3, 0.4) is 0 Å². The van der Waals surface area contributed by atoms with E-state index in [-0.39, 0.29) is 10.6 Å². The largest absolute Gasteiger partial charge is 0.389 e. The molecule has 2 aromatic rings. The van der Waals surface area contributed by atoms with Gasteiger partial charge in [-0.05, 0) is 32.4 Å². The molecule has 0 aliphatic rings. The number of aryl methyl sites for hydroxylation is 1. The first kappa shape index (κ1) is 14.2. The zero-order valence-corrected chi connectivity index (χ0v) is 11.7. The lowest BCUT2D eigenvalue weighted by molar-refractivity contribution is -0.386. The molecule has 0 aliphatic carbocycles. The number of aliphatic hydroxyl groups is 1. The summed E-state index contributed by atoms with van der Waals surface area (Å²) >= 11 is 0. The van der Waals surface area contributed by atoms with E-state index >= 15 is 0 Å². The second-order valence-electron chi connectivity index (χ2n) is 4.91. The van der Waals surface area contributed by atoms with E-state index in [1.807, 2.05) is 23.0 Å². The lowest BCUT2D eigenvalue weighted by Crippen LogP contribution is -2.06. The third kappa shape index (κ3) is 2.70. The van der Waals surface area contributed by atoms with E-state index in [2.05, 4.69) is 4.98 Å².